The van der Waals surface area contributed by atoms with E-state index in [2.05, 4.69) is 21.7 Å². The van der Waals surface area contributed by atoms with Gasteiger partial charge in [-0.15, -0.1) is 0 Å². The number of hydrogen-bond donors (Lipinski definition) is 0. The molecule has 0 bridgehead atoms. The molecule has 1 atom stereocenters. The number of carbonyl (C=O) groups is 1. The summed E-state index contributed by atoms with van der Waals surface area (Å²) in [6, 6.07) is 13.2. The number of hydrogen-bond acceptors (Lipinski definition) is 4. The summed E-state index contributed by atoms with van der Waals surface area (Å²) >= 11 is 0. The maximum absolute atomic E-state index is 13.9. The molecule has 1 amide bonds. The average molecular weight is 465 g/mol. The molecule has 5 rings (SSSR count). The number of nitrogens with zero attached hydrogens (tertiary/aromatic N) is 4. The number of rotatable bonds is 5. The van der Waals surface area contributed by atoms with E-state index in [1.165, 1.54) is 6.07 Å². The van der Waals surface area contributed by atoms with Gasteiger partial charge in [0, 0.05) is 56.3 Å². The fourth-order valence-electron chi connectivity index (χ4n) is 5.19. The van der Waals surface area contributed by atoms with Crippen molar-refractivity contribution < 1.29 is 13.6 Å². The molecule has 3 aromatic rings. The second-order valence-corrected chi connectivity index (χ2v) is 9.23. The number of likely N-dealkylation sites (N-methyl/N-ethyl adjacent to an activating group) is 1. The fourth-order valence-corrected chi connectivity index (χ4v) is 5.19. The van der Waals surface area contributed by atoms with Gasteiger partial charge in [0.2, 0.25) is 0 Å². The lowest BCUT2D eigenvalue weighted by atomic mass is 10.0. The molecule has 2 aliphatic heterocycles. The summed E-state index contributed by atoms with van der Waals surface area (Å²) in [5.41, 5.74) is 2.14. The van der Waals surface area contributed by atoms with Crippen LogP contribution in [0.25, 0.3) is 22.2 Å². The van der Waals surface area contributed by atoms with Gasteiger partial charge in [0.25, 0.3) is 5.91 Å². The summed E-state index contributed by atoms with van der Waals surface area (Å²) in [6.07, 6.45) is 1.99. The first kappa shape index (κ1) is 22.9. The Kier molecular flexibility index (Phi) is 6.57. The molecule has 34 heavy (non-hydrogen) atoms. The number of piperazine rings is 1. The molecule has 178 valence electrons. The minimum Gasteiger partial charge on any atom is -0.334 e. The second kappa shape index (κ2) is 9.76. The van der Waals surface area contributed by atoms with Crippen molar-refractivity contribution >= 4 is 16.8 Å². The van der Waals surface area contributed by atoms with E-state index < -0.39 is 11.6 Å². The van der Waals surface area contributed by atoms with Crippen LogP contribution in [-0.2, 0) is 0 Å². The quantitative estimate of drug-likeness (QED) is 0.560. The number of carbonyl (C=O) groups excluding carboxylic acids is 1. The summed E-state index contributed by atoms with van der Waals surface area (Å²) in [4.78, 5) is 25.4. The Morgan fingerprint density at radius 2 is 1.74 bits per heavy atom. The van der Waals surface area contributed by atoms with Gasteiger partial charge >= 0.3 is 0 Å². The normalized spacial score (nSPS) is 19.7. The maximum atomic E-state index is 13.9. The summed E-state index contributed by atoms with van der Waals surface area (Å²) in [5.74, 6) is -1.85. The van der Waals surface area contributed by atoms with E-state index in [4.69, 9.17) is 0 Å². The fraction of sp³-hybridized carbons (Fsp3) is 0.407. The van der Waals surface area contributed by atoms with Gasteiger partial charge in [-0.2, -0.15) is 0 Å². The Balaban J connectivity index is 1.44. The number of benzene rings is 2. The number of amides is 1. The zero-order valence-electron chi connectivity index (χ0n) is 19.5. The predicted molar refractivity (Wildman–Crippen MR) is 130 cm³/mol. The minimum absolute atomic E-state index is 0.0165. The van der Waals surface area contributed by atoms with Gasteiger partial charge < -0.3 is 9.80 Å². The van der Waals surface area contributed by atoms with Crippen LogP contribution in [0.3, 0.4) is 0 Å². The molecule has 1 aromatic heterocycles. The van der Waals surface area contributed by atoms with Crippen LogP contribution in [0, 0.1) is 11.6 Å². The van der Waals surface area contributed by atoms with E-state index in [-0.39, 0.29) is 11.9 Å². The first-order valence-corrected chi connectivity index (χ1v) is 12.1. The van der Waals surface area contributed by atoms with Crippen molar-refractivity contribution in [3.63, 3.8) is 0 Å². The Morgan fingerprint density at radius 1 is 0.971 bits per heavy atom. The number of halogens is 2. The lowest BCUT2D eigenvalue weighted by Gasteiger charge is -2.37. The van der Waals surface area contributed by atoms with Crippen LogP contribution >= 0.6 is 0 Å². The first-order chi connectivity index (χ1) is 16.5. The van der Waals surface area contributed by atoms with Crippen LogP contribution in [0.1, 0.15) is 30.1 Å². The smallest absolute Gasteiger partial charge is 0.254 e. The standard InChI is InChI=1S/C27H30F2N4O/c1-2-31-12-14-32(15-13-31)18-20-6-5-11-33(20)27(34)22-17-26(19-9-10-23(28)24(29)16-19)30-25-8-4-3-7-21(22)25/h3-4,7-10,16-17,20H,2,5-6,11-15,18H2,1H3/t20-/m1/s1. The molecule has 2 aliphatic rings. The average Bonchev–Trinajstić information content (AvgIpc) is 3.33. The second-order valence-electron chi connectivity index (χ2n) is 9.23. The van der Waals surface area contributed by atoms with Crippen molar-refractivity contribution in [2.45, 2.75) is 25.8 Å². The minimum atomic E-state index is -0.928. The van der Waals surface area contributed by atoms with Crippen LogP contribution in [0.5, 0.6) is 0 Å². The zero-order valence-corrected chi connectivity index (χ0v) is 19.5. The van der Waals surface area contributed by atoms with Gasteiger partial charge in [0.1, 0.15) is 0 Å². The molecule has 0 spiro atoms. The van der Waals surface area contributed by atoms with Crippen LogP contribution in [0.15, 0.2) is 48.5 Å². The third kappa shape index (κ3) is 4.55. The molecule has 5 nitrogen and oxygen atoms in total. The zero-order chi connectivity index (χ0) is 23.7. The molecule has 0 unspecified atom stereocenters. The highest BCUT2D eigenvalue weighted by molar-refractivity contribution is 6.07. The molecule has 7 heteroatoms. The molecule has 0 saturated carbocycles. The Labute approximate surface area is 199 Å². The van der Waals surface area contributed by atoms with Crippen molar-refractivity contribution in [3.8, 4) is 11.3 Å². The first-order valence-electron chi connectivity index (χ1n) is 12.1. The molecule has 0 N–H and O–H groups in total. The van der Waals surface area contributed by atoms with Gasteiger partial charge in [-0.25, -0.2) is 13.8 Å². The summed E-state index contributed by atoms with van der Waals surface area (Å²) in [6.45, 7) is 9.11. The number of fused-ring (bicyclic) bond motifs is 1. The Bertz CT molecular complexity index is 1190. The SMILES string of the molecule is CCN1CCN(C[C@H]2CCCN2C(=O)c2cc(-c3ccc(F)c(F)c3)nc3ccccc23)CC1. The lowest BCUT2D eigenvalue weighted by Crippen LogP contribution is -2.51. The van der Waals surface area contributed by atoms with Crippen LogP contribution in [0.4, 0.5) is 8.78 Å². The molecular weight excluding hydrogens is 434 g/mol. The van der Waals surface area contributed by atoms with Crippen molar-refractivity contribution in [1.82, 2.24) is 19.7 Å². The van der Waals surface area contributed by atoms with Crippen molar-refractivity contribution in [2.75, 3.05) is 45.8 Å². The van der Waals surface area contributed by atoms with Crippen LogP contribution in [-0.4, -0.2) is 77.4 Å². The van der Waals surface area contributed by atoms with Gasteiger partial charge in [-0.1, -0.05) is 25.1 Å². The lowest BCUT2D eigenvalue weighted by molar-refractivity contribution is 0.0658. The number of aromatic nitrogens is 1. The molecule has 0 radical (unpaired) electrons. The molecule has 2 fully saturated rings. The summed E-state index contributed by atoms with van der Waals surface area (Å²) in [7, 11) is 0. The molecular formula is C27H30F2N4O. The largest absolute Gasteiger partial charge is 0.334 e. The van der Waals surface area contributed by atoms with E-state index in [0.717, 1.165) is 76.2 Å². The summed E-state index contributed by atoms with van der Waals surface area (Å²) in [5, 5.41) is 0.779. The van der Waals surface area contributed by atoms with Crippen LogP contribution < -0.4 is 0 Å². The van der Waals surface area contributed by atoms with Crippen molar-refractivity contribution in [1.29, 1.82) is 0 Å². The number of pyridine rings is 1. The van der Waals surface area contributed by atoms with E-state index >= 15 is 0 Å². The van der Waals surface area contributed by atoms with Gasteiger partial charge in [-0.3, -0.25) is 9.69 Å². The third-order valence-electron chi connectivity index (χ3n) is 7.18. The highest BCUT2D eigenvalue weighted by atomic mass is 19.2. The van der Waals surface area contributed by atoms with Crippen molar-refractivity contribution in [2.24, 2.45) is 0 Å². The topological polar surface area (TPSA) is 39.7 Å². The third-order valence-corrected chi connectivity index (χ3v) is 7.18. The monoisotopic (exact) mass is 464 g/mol. The maximum Gasteiger partial charge on any atom is 0.254 e. The van der Waals surface area contributed by atoms with E-state index in [1.807, 2.05) is 29.2 Å². The van der Waals surface area contributed by atoms with Crippen LogP contribution in [0.2, 0.25) is 0 Å². The summed E-state index contributed by atoms with van der Waals surface area (Å²) < 4.78 is 27.4. The molecule has 0 aliphatic carbocycles. The van der Waals surface area contributed by atoms with E-state index in [9.17, 15) is 13.6 Å². The van der Waals surface area contributed by atoms with Gasteiger partial charge in [0.05, 0.1) is 16.8 Å². The Hall–Kier alpha value is -2.90. The van der Waals surface area contributed by atoms with E-state index in [1.54, 1.807) is 6.07 Å². The number of likely N-dealkylation sites (tertiary alicyclic amines) is 1. The Morgan fingerprint density at radius 3 is 2.50 bits per heavy atom. The molecule has 2 aromatic carbocycles. The van der Waals surface area contributed by atoms with Gasteiger partial charge in [-0.05, 0) is 49.7 Å². The van der Waals surface area contributed by atoms with Crippen molar-refractivity contribution in [3.05, 3.63) is 65.7 Å². The molecule has 2 saturated heterocycles. The predicted octanol–water partition coefficient (Wildman–Crippen LogP) is 4.42. The number of para-hydroxylation sites is 1. The highest BCUT2D eigenvalue weighted by Crippen LogP contribution is 2.29. The highest BCUT2D eigenvalue weighted by Gasteiger charge is 2.32. The molecule has 3 heterocycles. The van der Waals surface area contributed by atoms with E-state index in [0.29, 0.717) is 22.3 Å². The van der Waals surface area contributed by atoms with Gasteiger partial charge in [0.15, 0.2) is 11.6 Å².